The zero-order valence-electron chi connectivity index (χ0n) is 14.1. The van der Waals surface area contributed by atoms with Crippen LogP contribution in [0.1, 0.15) is 39.3 Å². The van der Waals surface area contributed by atoms with Crippen LogP contribution in [0, 0.1) is 0 Å². The Hall–Kier alpha value is -2.89. The van der Waals surface area contributed by atoms with Gasteiger partial charge >= 0.3 is 0 Å². The fourth-order valence-electron chi connectivity index (χ4n) is 2.43. The summed E-state index contributed by atoms with van der Waals surface area (Å²) in [5.74, 6) is 0.351. The van der Waals surface area contributed by atoms with Crippen LogP contribution in [-0.4, -0.2) is 36.5 Å². The average molecular weight is 339 g/mol. The smallest absolute Gasteiger partial charge is 0.270 e. The Balaban J connectivity index is 1.54. The highest BCUT2D eigenvalue weighted by Crippen LogP contribution is 2.19. The summed E-state index contributed by atoms with van der Waals surface area (Å²) in [7, 11) is 1.63. The van der Waals surface area contributed by atoms with Crippen molar-refractivity contribution in [1.29, 1.82) is 0 Å². The van der Waals surface area contributed by atoms with Gasteiger partial charge in [-0.3, -0.25) is 14.6 Å². The molecule has 2 aromatic rings. The van der Waals surface area contributed by atoms with Crippen molar-refractivity contribution in [3.8, 4) is 5.75 Å². The number of hydrogen-bond acceptors (Lipinski definition) is 4. The summed E-state index contributed by atoms with van der Waals surface area (Å²) < 4.78 is 5.19. The molecule has 2 N–H and O–H groups in total. The van der Waals surface area contributed by atoms with Gasteiger partial charge in [-0.25, -0.2) is 0 Å². The Bertz CT molecular complexity index is 772. The Labute approximate surface area is 146 Å². The highest BCUT2D eigenvalue weighted by Gasteiger charge is 2.24. The lowest BCUT2D eigenvalue weighted by atomic mass is 10.1. The molecule has 1 aliphatic carbocycles. The van der Waals surface area contributed by atoms with Crippen molar-refractivity contribution < 1.29 is 14.3 Å². The van der Waals surface area contributed by atoms with E-state index in [-0.39, 0.29) is 23.6 Å². The van der Waals surface area contributed by atoms with E-state index < -0.39 is 0 Å². The molecule has 1 aliphatic rings. The molecule has 3 rings (SSSR count). The normalized spacial score (nSPS) is 13.2. The maximum Gasteiger partial charge on any atom is 0.270 e. The maximum absolute atomic E-state index is 12.3. The van der Waals surface area contributed by atoms with E-state index in [2.05, 4.69) is 15.6 Å². The lowest BCUT2D eigenvalue weighted by molar-refractivity contribution is 0.0946. The van der Waals surface area contributed by atoms with Crippen molar-refractivity contribution in [2.24, 2.45) is 0 Å². The van der Waals surface area contributed by atoms with Gasteiger partial charge in [-0.1, -0.05) is 12.1 Å². The first-order chi connectivity index (χ1) is 12.2. The summed E-state index contributed by atoms with van der Waals surface area (Å²) in [4.78, 5) is 28.3. The molecule has 130 valence electrons. The molecule has 0 saturated heterocycles. The fourth-order valence-corrected chi connectivity index (χ4v) is 2.43. The van der Waals surface area contributed by atoms with Crippen molar-refractivity contribution in [2.45, 2.75) is 25.3 Å². The molecule has 1 fully saturated rings. The van der Waals surface area contributed by atoms with Crippen molar-refractivity contribution in [3.63, 3.8) is 0 Å². The number of aromatic nitrogens is 1. The van der Waals surface area contributed by atoms with E-state index in [1.165, 1.54) is 12.3 Å². The molecule has 2 amide bonds. The molecule has 0 spiro atoms. The SMILES string of the molecule is COc1cccc(CCNC(=O)c2ccnc(C(=O)NC3CC3)c2)c1. The third-order valence-corrected chi connectivity index (χ3v) is 4.00. The van der Waals surface area contributed by atoms with Crippen LogP contribution < -0.4 is 15.4 Å². The Kier molecular flexibility index (Phi) is 5.28. The Morgan fingerprint density at radius 2 is 2.04 bits per heavy atom. The highest BCUT2D eigenvalue weighted by atomic mass is 16.5. The third kappa shape index (κ3) is 4.79. The number of amides is 2. The van der Waals surface area contributed by atoms with Gasteiger partial charge in [-0.05, 0) is 49.1 Å². The van der Waals surface area contributed by atoms with Crippen LogP contribution >= 0.6 is 0 Å². The maximum atomic E-state index is 12.3. The van der Waals surface area contributed by atoms with Gasteiger partial charge in [0.1, 0.15) is 11.4 Å². The monoisotopic (exact) mass is 339 g/mol. The minimum atomic E-state index is -0.228. The van der Waals surface area contributed by atoms with Gasteiger partial charge in [0.15, 0.2) is 0 Å². The van der Waals surface area contributed by atoms with Crippen LogP contribution in [0.5, 0.6) is 5.75 Å². The number of ether oxygens (including phenoxy) is 1. The molecule has 0 bridgehead atoms. The van der Waals surface area contributed by atoms with E-state index in [0.29, 0.717) is 18.5 Å². The molecule has 25 heavy (non-hydrogen) atoms. The summed E-state index contributed by atoms with van der Waals surface area (Å²) in [6.45, 7) is 0.498. The van der Waals surface area contributed by atoms with E-state index in [4.69, 9.17) is 4.74 Å². The van der Waals surface area contributed by atoms with E-state index in [9.17, 15) is 9.59 Å². The summed E-state index contributed by atoms with van der Waals surface area (Å²) in [5.41, 5.74) is 1.79. The molecular weight excluding hydrogens is 318 g/mol. The first kappa shape index (κ1) is 17.0. The molecule has 6 nitrogen and oxygen atoms in total. The average Bonchev–Trinajstić information content (AvgIpc) is 3.46. The summed E-state index contributed by atoms with van der Waals surface area (Å²) >= 11 is 0. The van der Waals surface area contributed by atoms with Gasteiger partial charge < -0.3 is 15.4 Å². The van der Waals surface area contributed by atoms with Crippen molar-refractivity contribution in [3.05, 3.63) is 59.4 Å². The highest BCUT2D eigenvalue weighted by molar-refractivity contribution is 5.98. The molecule has 0 atom stereocenters. The van der Waals surface area contributed by atoms with Crippen LogP contribution in [-0.2, 0) is 6.42 Å². The number of nitrogens with one attached hydrogen (secondary N) is 2. The summed E-state index contributed by atoms with van der Waals surface area (Å²) in [5, 5.41) is 5.73. The van der Waals surface area contributed by atoms with Gasteiger partial charge in [-0.15, -0.1) is 0 Å². The second-order valence-corrected chi connectivity index (χ2v) is 6.03. The van der Waals surface area contributed by atoms with Crippen molar-refractivity contribution >= 4 is 11.8 Å². The van der Waals surface area contributed by atoms with Gasteiger partial charge in [0.05, 0.1) is 7.11 Å². The van der Waals surface area contributed by atoms with Crippen LogP contribution in [0.15, 0.2) is 42.6 Å². The van der Waals surface area contributed by atoms with Gasteiger partial charge in [-0.2, -0.15) is 0 Å². The number of carbonyl (C=O) groups is 2. The second-order valence-electron chi connectivity index (χ2n) is 6.03. The van der Waals surface area contributed by atoms with Crippen LogP contribution in [0.2, 0.25) is 0 Å². The van der Waals surface area contributed by atoms with Crippen molar-refractivity contribution in [2.75, 3.05) is 13.7 Å². The molecule has 0 radical (unpaired) electrons. The molecular formula is C19H21N3O3. The van der Waals surface area contributed by atoms with Crippen LogP contribution in [0.4, 0.5) is 0 Å². The van der Waals surface area contributed by atoms with Crippen molar-refractivity contribution in [1.82, 2.24) is 15.6 Å². The minimum Gasteiger partial charge on any atom is -0.497 e. The third-order valence-electron chi connectivity index (χ3n) is 4.00. The number of pyridine rings is 1. The molecule has 1 saturated carbocycles. The lowest BCUT2D eigenvalue weighted by Crippen LogP contribution is -2.28. The van der Waals surface area contributed by atoms with E-state index in [0.717, 1.165) is 24.2 Å². The van der Waals surface area contributed by atoms with E-state index in [1.54, 1.807) is 13.2 Å². The first-order valence-corrected chi connectivity index (χ1v) is 8.34. The Morgan fingerprint density at radius 1 is 1.20 bits per heavy atom. The minimum absolute atomic E-state index is 0.217. The molecule has 1 aromatic carbocycles. The summed E-state index contributed by atoms with van der Waals surface area (Å²) in [6, 6.07) is 11.1. The topological polar surface area (TPSA) is 80.3 Å². The Morgan fingerprint density at radius 3 is 2.80 bits per heavy atom. The number of rotatable bonds is 7. The van der Waals surface area contributed by atoms with Crippen LogP contribution in [0.3, 0.4) is 0 Å². The predicted octanol–water partition coefficient (Wildman–Crippen LogP) is 1.95. The van der Waals surface area contributed by atoms with Crippen LogP contribution in [0.25, 0.3) is 0 Å². The number of methoxy groups -OCH3 is 1. The molecule has 0 unspecified atom stereocenters. The number of benzene rings is 1. The quantitative estimate of drug-likeness (QED) is 0.808. The zero-order chi connectivity index (χ0) is 17.6. The number of nitrogens with zero attached hydrogens (tertiary/aromatic N) is 1. The van der Waals surface area contributed by atoms with Gasteiger partial charge in [0, 0.05) is 24.3 Å². The van der Waals surface area contributed by atoms with Gasteiger partial charge in [0.25, 0.3) is 11.8 Å². The molecule has 1 heterocycles. The first-order valence-electron chi connectivity index (χ1n) is 8.34. The second kappa shape index (κ2) is 7.79. The fraction of sp³-hybridized carbons (Fsp3) is 0.316. The van der Waals surface area contributed by atoms with E-state index >= 15 is 0 Å². The van der Waals surface area contributed by atoms with Gasteiger partial charge in [0.2, 0.25) is 0 Å². The molecule has 0 aliphatic heterocycles. The number of hydrogen-bond donors (Lipinski definition) is 2. The lowest BCUT2D eigenvalue weighted by Gasteiger charge is -2.08. The zero-order valence-corrected chi connectivity index (χ0v) is 14.1. The molecule has 1 aromatic heterocycles. The largest absolute Gasteiger partial charge is 0.497 e. The predicted molar refractivity (Wildman–Crippen MR) is 93.8 cm³/mol. The van der Waals surface area contributed by atoms with E-state index in [1.807, 2.05) is 24.3 Å². The molecule has 6 heteroatoms. The standard InChI is InChI=1S/C19H21N3O3/c1-25-16-4-2-3-13(11-16)7-9-21-18(23)14-8-10-20-17(12-14)19(24)22-15-5-6-15/h2-4,8,10-12,15H,5-7,9H2,1H3,(H,21,23)(H,22,24). The number of carbonyl (C=O) groups excluding carboxylic acids is 2. The summed E-state index contributed by atoms with van der Waals surface area (Å²) in [6.07, 6.45) is 4.20.